The average molecular weight is 340 g/mol. The van der Waals surface area contributed by atoms with Crippen LogP contribution in [0, 0.1) is 11.2 Å². The summed E-state index contributed by atoms with van der Waals surface area (Å²) < 4.78 is 13.5. The van der Waals surface area contributed by atoms with Gasteiger partial charge in [-0.1, -0.05) is 32.9 Å². The zero-order chi connectivity index (χ0) is 17.1. The van der Waals surface area contributed by atoms with E-state index in [2.05, 4.69) is 10.6 Å². The third-order valence-corrected chi connectivity index (χ3v) is 5.22. The van der Waals surface area contributed by atoms with Gasteiger partial charge in [-0.15, -0.1) is 0 Å². The number of nitrogens with one attached hydrogen (secondary N) is 2. The number of carbonyl (C=O) groups is 1. The zero-order valence-electron chi connectivity index (χ0n) is 13.9. The summed E-state index contributed by atoms with van der Waals surface area (Å²) in [5.41, 5.74) is -0.369. The summed E-state index contributed by atoms with van der Waals surface area (Å²) in [6.07, 6.45) is 0.685. The van der Waals surface area contributed by atoms with Crippen molar-refractivity contribution < 1.29 is 14.3 Å². The lowest BCUT2D eigenvalue weighted by molar-refractivity contribution is 0.0696. The van der Waals surface area contributed by atoms with Crippen LogP contribution in [-0.2, 0) is 0 Å². The van der Waals surface area contributed by atoms with Crippen LogP contribution in [0.25, 0.3) is 0 Å². The van der Waals surface area contributed by atoms with Gasteiger partial charge in [0.05, 0.1) is 11.6 Å². The van der Waals surface area contributed by atoms with Gasteiger partial charge >= 0.3 is 6.03 Å². The van der Waals surface area contributed by atoms with Gasteiger partial charge < -0.3 is 15.7 Å². The molecule has 1 heterocycles. The number of thioether (sulfide) groups is 1. The third kappa shape index (κ3) is 5.11. The predicted octanol–water partition coefficient (Wildman–Crippen LogP) is 3.08. The van der Waals surface area contributed by atoms with E-state index in [-0.39, 0.29) is 29.8 Å². The first-order chi connectivity index (χ1) is 10.7. The molecule has 1 saturated heterocycles. The Morgan fingerprint density at radius 2 is 2.22 bits per heavy atom. The highest BCUT2D eigenvalue weighted by atomic mass is 32.2. The number of hydrogen-bond donors (Lipinski definition) is 3. The number of rotatable bonds is 4. The molecule has 2 rings (SSSR count). The van der Waals surface area contributed by atoms with Crippen LogP contribution in [-0.4, -0.2) is 34.8 Å². The van der Waals surface area contributed by atoms with Crippen molar-refractivity contribution in [2.75, 3.05) is 18.1 Å². The molecule has 1 aromatic rings. The summed E-state index contributed by atoms with van der Waals surface area (Å²) in [5, 5.41) is 15.9. The van der Waals surface area contributed by atoms with Crippen LogP contribution >= 0.6 is 11.8 Å². The smallest absolute Gasteiger partial charge is 0.315 e. The minimum absolute atomic E-state index is 0.228. The Hall–Kier alpha value is -1.27. The van der Waals surface area contributed by atoms with E-state index in [1.807, 2.05) is 20.8 Å². The molecule has 1 aliphatic heterocycles. The van der Waals surface area contributed by atoms with E-state index in [1.165, 1.54) is 12.1 Å². The monoisotopic (exact) mass is 340 g/mol. The lowest BCUT2D eigenvalue weighted by Gasteiger charge is -2.32. The fraction of sp³-hybridized carbons (Fsp3) is 0.588. The molecule has 0 bridgehead atoms. The minimum Gasteiger partial charge on any atom is -0.387 e. The number of urea groups is 1. The molecule has 128 valence electrons. The summed E-state index contributed by atoms with van der Waals surface area (Å²) in [6.45, 7) is 6.20. The molecule has 1 aromatic carbocycles. The number of amides is 2. The molecule has 0 spiro atoms. The van der Waals surface area contributed by atoms with Crippen LogP contribution in [0.2, 0.25) is 0 Å². The van der Waals surface area contributed by atoms with Gasteiger partial charge in [-0.25, -0.2) is 9.18 Å². The van der Waals surface area contributed by atoms with Crippen LogP contribution in [0.15, 0.2) is 24.3 Å². The number of aliphatic hydroxyl groups is 1. The van der Waals surface area contributed by atoms with E-state index in [4.69, 9.17) is 0 Å². The maximum absolute atomic E-state index is 13.5. The Bertz CT molecular complexity index is 554. The first-order valence-electron chi connectivity index (χ1n) is 7.80. The Morgan fingerprint density at radius 1 is 1.48 bits per heavy atom. The molecule has 6 heteroatoms. The van der Waals surface area contributed by atoms with Crippen molar-refractivity contribution in [1.82, 2.24) is 10.6 Å². The Morgan fingerprint density at radius 3 is 2.78 bits per heavy atom. The second-order valence-electron chi connectivity index (χ2n) is 7.21. The average Bonchev–Trinajstić information content (AvgIpc) is 2.89. The SMILES string of the molecule is CC(C)(C)C(NC(=O)NCC1(O)CCSC1)c1cccc(F)c1. The molecule has 0 radical (unpaired) electrons. The van der Waals surface area contributed by atoms with E-state index in [9.17, 15) is 14.3 Å². The number of carbonyl (C=O) groups excluding carboxylic acids is 1. The van der Waals surface area contributed by atoms with E-state index in [0.29, 0.717) is 12.2 Å². The van der Waals surface area contributed by atoms with Crippen molar-refractivity contribution in [1.29, 1.82) is 0 Å². The lowest BCUT2D eigenvalue weighted by Crippen LogP contribution is -2.48. The Balaban J connectivity index is 2.02. The lowest BCUT2D eigenvalue weighted by atomic mass is 9.82. The number of halogens is 1. The normalized spacial score (nSPS) is 22.7. The molecule has 1 fully saturated rings. The highest BCUT2D eigenvalue weighted by Crippen LogP contribution is 2.33. The standard InChI is InChI=1S/C17H25FN2O2S/c1-16(2,3)14(12-5-4-6-13(18)9-12)20-15(21)19-10-17(22)7-8-23-11-17/h4-6,9,14,22H,7-8,10-11H2,1-3H3,(H2,19,20,21). The predicted molar refractivity (Wildman–Crippen MR) is 92.0 cm³/mol. The fourth-order valence-electron chi connectivity index (χ4n) is 2.65. The molecule has 0 saturated carbocycles. The van der Waals surface area contributed by atoms with Crippen LogP contribution < -0.4 is 10.6 Å². The van der Waals surface area contributed by atoms with E-state index < -0.39 is 5.60 Å². The molecule has 4 nitrogen and oxygen atoms in total. The third-order valence-electron chi connectivity index (χ3n) is 3.98. The second kappa shape index (κ2) is 7.09. The number of hydrogen-bond acceptors (Lipinski definition) is 3. The van der Waals surface area contributed by atoms with Gasteiger partial charge in [0.2, 0.25) is 0 Å². The molecule has 2 atom stereocenters. The number of benzene rings is 1. The van der Waals surface area contributed by atoms with Gasteiger partial charge in [0.25, 0.3) is 0 Å². The van der Waals surface area contributed by atoms with Crippen molar-refractivity contribution >= 4 is 17.8 Å². The molecule has 0 aromatic heterocycles. The van der Waals surface area contributed by atoms with E-state index >= 15 is 0 Å². The largest absolute Gasteiger partial charge is 0.387 e. The highest BCUT2D eigenvalue weighted by molar-refractivity contribution is 7.99. The van der Waals surface area contributed by atoms with Gasteiger partial charge in [-0.3, -0.25) is 0 Å². The minimum atomic E-state index is -0.821. The maximum Gasteiger partial charge on any atom is 0.315 e. The molecular formula is C17H25FN2O2S. The summed E-state index contributed by atoms with van der Waals surface area (Å²) >= 11 is 1.69. The van der Waals surface area contributed by atoms with Gasteiger partial charge in [0.1, 0.15) is 5.82 Å². The quantitative estimate of drug-likeness (QED) is 0.789. The van der Waals surface area contributed by atoms with Crippen LogP contribution in [0.5, 0.6) is 0 Å². The van der Waals surface area contributed by atoms with Crippen LogP contribution in [0.3, 0.4) is 0 Å². The molecule has 2 unspecified atom stereocenters. The van der Waals surface area contributed by atoms with Crippen molar-refractivity contribution in [2.24, 2.45) is 5.41 Å². The van der Waals surface area contributed by atoms with Crippen molar-refractivity contribution in [3.05, 3.63) is 35.6 Å². The van der Waals surface area contributed by atoms with Gasteiger partial charge in [-0.05, 0) is 35.3 Å². The summed E-state index contributed by atoms with van der Waals surface area (Å²) in [4.78, 5) is 12.2. The van der Waals surface area contributed by atoms with Gasteiger partial charge in [0.15, 0.2) is 0 Å². The van der Waals surface area contributed by atoms with Crippen molar-refractivity contribution in [3.63, 3.8) is 0 Å². The van der Waals surface area contributed by atoms with Crippen molar-refractivity contribution in [2.45, 2.75) is 38.8 Å². The second-order valence-corrected chi connectivity index (χ2v) is 8.31. The summed E-state index contributed by atoms with van der Waals surface area (Å²) in [6, 6.07) is 5.60. The topological polar surface area (TPSA) is 61.4 Å². The fourth-order valence-corrected chi connectivity index (χ4v) is 3.94. The molecule has 1 aliphatic rings. The Kier molecular flexibility index (Phi) is 5.57. The molecule has 0 aliphatic carbocycles. The van der Waals surface area contributed by atoms with Crippen molar-refractivity contribution in [3.8, 4) is 0 Å². The molecule has 2 amide bonds. The maximum atomic E-state index is 13.5. The van der Waals surface area contributed by atoms with E-state index in [0.717, 1.165) is 11.3 Å². The van der Waals surface area contributed by atoms with Crippen LogP contribution in [0.4, 0.5) is 9.18 Å². The Labute approximate surface area is 141 Å². The molecular weight excluding hydrogens is 315 g/mol. The summed E-state index contributed by atoms with van der Waals surface area (Å²) in [5.74, 6) is 1.23. The van der Waals surface area contributed by atoms with Crippen LogP contribution in [0.1, 0.15) is 38.8 Å². The van der Waals surface area contributed by atoms with E-state index in [1.54, 1.807) is 23.9 Å². The zero-order valence-corrected chi connectivity index (χ0v) is 14.7. The van der Waals surface area contributed by atoms with Gasteiger partial charge in [-0.2, -0.15) is 11.8 Å². The van der Waals surface area contributed by atoms with Gasteiger partial charge in [0, 0.05) is 12.3 Å². The first-order valence-corrected chi connectivity index (χ1v) is 8.95. The summed E-state index contributed by atoms with van der Waals surface area (Å²) in [7, 11) is 0. The highest BCUT2D eigenvalue weighted by Gasteiger charge is 2.33. The molecule has 23 heavy (non-hydrogen) atoms. The first kappa shape index (κ1) is 18.1. The molecule has 3 N–H and O–H groups in total.